The highest BCUT2D eigenvalue weighted by Crippen LogP contribution is 2.30. The van der Waals surface area contributed by atoms with E-state index in [1.807, 2.05) is 47.9 Å². The quantitative estimate of drug-likeness (QED) is 0.585. The third-order valence-corrected chi connectivity index (χ3v) is 4.02. The van der Waals surface area contributed by atoms with Crippen LogP contribution in [0.4, 0.5) is 5.69 Å². The normalized spacial score (nSPS) is 14.7. The topological polar surface area (TPSA) is 46.8 Å². The Morgan fingerprint density at radius 2 is 1.87 bits per heavy atom. The predicted molar refractivity (Wildman–Crippen MR) is 93.8 cm³/mol. The van der Waals surface area contributed by atoms with Crippen molar-refractivity contribution in [3.05, 3.63) is 77.5 Å². The molecule has 0 bridgehead atoms. The van der Waals surface area contributed by atoms with Gasteiger partial charge in [0.15, 0.2) is 0 Å². The number of aliphatic hydroxyl groups excluding tert-OH is 1. The minimum atomic E-state index is -0.0851. The summed E-state index contributed by atoms with van der Waals surface area (Å²) in [7, 11) is 1.44. The van der Waals surface area contributed by atoms with Gasteiger partial charge in [-0.25, -0.2) is 0 Å². The number of hydrogen-bond donors (Lipinski definition) is 1. The Hall–Kier alpha value is -3.23. The summed E-state index contributed by atoms with van der Waals surface area (Å²) >= 11 is 0. The van der Waals surface area contributed by atoms with E-state index in [2.05, 4.69) is 28.9 Å². The van der Waals surface area contributed by atoms with E-state index < -0.39 is 0 Å². The molecule has 2 heterocycles. The maximum absolute atomic E-state index is 9.62. The predicted octanol–water partition coefficient (Wildman–Crippen LogP) is 3.02. The zero-order valence-electron chi connectivity index (χ0n) is 12.6. The summed E-state index contributed by atoms with van der Waals surface area (Å²) in [5.74, 6) is -0.0851. The van der Waals surface area contributed by atoms with Crippen LogP contribution in [-0.4, -0.2) is 24.6 Å². The van der Waals surface area contributed by atoms with Crippen molar-refractivity contribution in [2.45, 2.75) is 0 Å². The number of nitrogens with zero attached hydrogens (tertiary/aromatic N) is 2. The van der Waals surface area contributed by atoms with E-state index in [1.54, 1.807) is 0 Å². The van der Waals surface area contributed by atoms with Gasteiger partial charge in [-0.3, -0.25) is 0 Å². The fourth-order valence-corrected chi connectivity index (χ4v) is 2.89. The molecule has 112 valence electrons. The fraction of sp³-hybridized carbons (Fsp3) is 0.0526. The van der Waals surface area contributed by atoms with E-state index >= 15 is 0 Å². The van der Waals surface area contributed by atoms with Gasteiger partial charge in [0.2, 0.25) is 0 Å². The van der Waals surface area contributed by atoms with Crippen molar-refractivity contribution in [1.29, 1.82) is 0 Å². The Balaban J connectivity index is 1.79. The second kappa shape index (κ2) is 5.20. The molecule has 4 heteroatoms. The molecule has 4 nitrogen and oxygen atoms in total. The molecule has 2 aromatic rings. The van der Waals surface area contributed by atoms with E-state index in [0.717, 1.165) is 16.8 Å². The monoisotopic (exact) mass is 303 g/mol. The van der Waals surface area contributed by atoms with Crippen LogP contribution in [0.25, 0.3) is 10.8 Å². The first-order valence-electron chi connectivity index (χ1n) is 7.31. The van der Waals surface area contributed by atoms with Crippen LogP contribution >= 0.6 is 0 Å². The number of benzene rings is 2. The van der Waals surface area contributed by atoms with Crippen molar-refractivity contribution >= 4 is 28.9 Å². The lowest BCUT2D eigenvalue weighted by Gasteiger charge is -2.20. The van der Waals surface area contributed by atoms with Crippen molar-refractivity contribution in [3.8, 4) is 0 Å². The molecule has 23 heavy (non-hydrogen) atoms. The maximum atomic E-state index is 9.62. The lowest BCUT2D eigenvalue weighted by atomic mass is 9.98. The van der Waals surface area contributed by atoms with Crippen molar-refractivity contribution in [1.82, 2.24) is 4.67 Å². The molecule has 0 aliphatic carbocycles. The third kappa shape index (κ3) is 2.22. The fourth-order valence-electron chi connectivity index (χ4n) is 2.89. The van der Waals surface area contributed by atoms with Crippen molar-refractivity contribution < 1.29 is 9.84 Å². The average Bonchev–Trinajstić information content (AvgIpc) is 2.61. The highest BCUT2D eigenvalue weighted by molar-refractivity contribution is 6.12. The van der Waals surface area contributed by atoms with E-state index in [9.17, 15) is 5.11 Å². The van der Waals surface area contributed by atoms with Crippen LogP contribution in [0.3, 0.4) is 0 Å². The summed E-state index contributed by atoms with van der Waals surface area (Å²) in [6.07, 6.45) is 11.2. The van der Waals surface area contributed by atoms with Gasteiger partial charge in [0, 0.05) is 23.5 Å². The molecule has 2 aliphatic heterocycles. The Morgan fingerprint density at radius 1 is 1.09 bits per heavy atom. The number of hydrogen-bond acceptors (Lipinski definition) is 3. The van der Waals surface area contributed by atoms with Gasteiger partial charge >= 0.3 is 0 Å². The van der Waals surface area contributed by atoms with Crippen LogP contribution in [0, 0.1) is 0 Å². The van der Waals surface area contributed by atoms with Gasteiger partial charge < -0.3 is 14.7 Å². The molecule has 0 saturated heterocycles. The highest BCUT2D eigenvalue weighted by atomic mass is 16.6. The van der Waals surface area contributed by atoms with Crippen LogP contribution in [0.5, 0.6) is 0 Å². The zero-order chi connectivity index (χ0) is 15.8. The van der Waals surface area contributed by atoms with Gasteiger partial charge in [-0.05, 0) is 35.7 Å². The summed E-state index contributed by atoms with van der Waals surface area (Å²) < 4.78 is 9.15. The van der Waals surface area contributed by atoms with Gasteiger partial charge in [0.05, 0.1) is 23.8 Å². The molecule has 0 aromatic heterocycles. The zero-order valence-corrected chi connectivity index (χ0v) is 12.6. The smallest absolute Gasteiger partial charge is 0.300 e. The van der Waals surface area contributed by atoms with Crippen molar-refractivity contribution in [2.24, 2.45) is 0 Å². The molecule has 2 aromatic carbocycles. The highest BCUT2D eigenvalue weighted by Gasteiger charge is 2.16. The van der Waals surface area contributed by atoms with Gasteiger partial charge in [-0.15, -0.1) is 0 Å². The van der Waals surface area contributed by atoms with E-state index in [0.29, 0.717) is 5.57 Å². The standard InChI is InChI=1S/C19H14N2O2/c1-23-19(22)13-5-7-21(8-6-13)17-9-14-3-2-4-15-11-20-12-16(10-17)18(14)15/h2-12H,1H3/p+1. The first-order chi connectivity index (χ1) is 11.3. The van der Waals surface area contributed by atoms with Crippen LogP contribution in [0.15, 0.2) is 66.4 Å². The van der Waals surface area contributed by atoms with Gasteiger partial charge in [0.25, 0.3) is 18.4 Å². The lowest BCUT2D eigenvalue weighted by Crippen LogP contribution is -2.11. The summed E-state index contributed by atoms with van der Waals surface area (Å²) in [4.78, 5) is 2.00. The molecular formula is C19H15N2O2+. The molecule has 0 unspecified atom stereocenters. The average molecular weight is 303 g/mol. The van der Waals surface area contributed by atoms with Crippen LogP contribution in [0.2, 0.25) is 0 Å². The number of methoxy groups -OCH3 is 1. The number of rotatable bonds is 2. The maximum Gasteiger partial charge on any atom is 0.300 e. The van der Waals surface area contributed by atoms with E-state index in [1.165, 1.54) is 17.9 Å². The molecule has 0 radical (unpaired) electrons. The molecular weight excluding hydrogens is 288 g/mol. The van der Waals surface area contributed by atoms with Gasteiger partial charge in [-0.2, -0.15) is 0 Å². The number of anilines is 1. The summed E-state index contributed by atoms with van der Waals surface area (Å²) in [6.45, 7) is 0. The Morgan fingerprint density at radius 3 is 2.65 bits per heavy atom. The molecule has 2 aliphatic rings. The third-order valence-electron chi connectivity index (χ3n) is 4.02. The summed E-state index contributed by atoms with van der Waals surface area (Å²) in [5, 5.41) is 12.0. The second-order valence-corrected chi connectivity index (χ2v) is 5.39. The largest absolute Gasteiger partial charge is 0.481 e. The molecule has 0 fully saturated rings. The second-order valence-electron chi connectivity index (χ2n) is 5.39. The minimum Gasteiger partial charge on any atom is -0.481 e. The molecule has 0 spiro atoms. The Labute approximate surface area is 133 Å². The first-order valence-corrected chi connectivity index (χ1v) is 7.31. The number of ether oxygens (including phenoxy) is 1. The van der Waals surface area contributed by atoms with Crippen LogP contribution in [-0.2, 0) is 4.74 Å². The van der Waals surface area contributed by atoms with Crippen molar-refractivity contribution in [2.75, 3.05) is 12.0 Å². The lowest BCUT2D eigenvalue weighted by molar-refractivity contribution is 0.133. The summed E-state index contributed by atoms with van der Waals surface area (Å²) in [5.41, 5.74) is 3.94. The molecule has 0 amide bonds. The molecule has 0 saturated carbocycles. The first kappa shape index (κ1) is 13.4. The summed E-state index contributed by atoms with van der Waals surface area (Å²) in [6, 6.07) is 10.5. The molecule has 1 N–H and O–H groups in total. The Bertz CT molecular complexity index is 945. The molecule has 4 rings (SSSR count). The minimum absolute atomic E-state index is 0.0851. The van der Waals surface area contributed by atoms with Gasteiger partial charge in [-0.1, -0.05) is 16.8 Å². The van der Waals surface area contributed by atoms with Crippen molar-refractivity contribution in [3.63, 3.8) is 0 Å². The van der Waals surface area contributed by atoms with Crippen LogP contribution in [0.1, 0.15) is 11.1 Å². The number of aliphatic hydroxyl groups is 1. The SMILES string of the molecule is COC(O)=C1C=CN(c2cc3c4c(cccc4c2)C=[N+]=C3)C=C1. The Kier molecular flexibility index (Phi) is 3.04. The van der Waals surface area contributed by atoms with Gasteiger partial charge in [0.1, 0.15) is 0 Å². The van der Waals surface area contributed by atoms with E-state index in [-0.39, 0.29) is 5.95 Å². The van der Waals surface area contributed by atoms with Crippen LogP contribution < -0.4 is 9.57 Å². The number of allylic oxidation sites excluding steroid dienone is 3. The van der Waals surface area contributed by atoms with E-state index in [4.69, 9.17) is 4.74 Å². The molecule has 0 atom stereocenters.